The molecule has 1 saturated heterocycles. The van der Waals surface area contributed by atoms with Gasteiger partial charge < -0.3 is 19.9 Å². The van der Waals surface area contributed by atoms with Crippen molar-refractivity contribution in [2.45, 2.75) is 12.8 Å². The zero-order valence-corrected chi connectivity index (χ0v) is 12.2. The standard InChI is InChI=1S/C14H15FN4O3/c1-7-10(15)3-8(4-11(7)16)13-17-12(18-22-13)9-5-19(6-9)14(20)21-2/h3-4,9H,5-6,16H2,1-2H3. The lowest BCUT2D eigenvalue weighted by Crippen LogP contribution is -2.48. The van der Waals surface area contributed by atoms with Gasteiger partial charge in [-0.25, -0.2) is 9.18 Å². The highest BCUT2D eigenvalue weighted by Crippen LogP contribution is 2.29. The van der Waals surface area contributed by atoms with Crippen molar-refractivity contribution < 1.29 is 18.4 Å². The summed E-state index contributed by atoms with van der Waals surface area (Å²) in [6.45, 7) is 2.54. The number of aromatic nitrogens is 2. The number of carbonyl (C=O) groups excluding carboxylic acids is 1. The van der Waals surface area contributed by atoms with Crippen LogP contribution in [0.5, 0.6) is 0 Å². The van der Waals surface area contributed by atoms with Gasteiger partial charge in [0.2, 0.25) is 0 Å². The second-order valence-electron chi connectivity index (χ2n) is 5.20. The third-order valence-electron chi connectivity index (χ3n) is 3.75. The number of likely N-dealkylation sites (tertiary alicyclic amines) is 1. The van der Waals surface area contributed by atoms with Crippen molar-refractivity contribution in [2.75, 3.05) is 25.9 Å². The van der Waals surface area contributed by atoms with Crippen molar-refractivity contribution in [3.63, 3.8) is 0 Å². The van der Waals surface area contributed by atoms with Crippen LogP contribution in [0.25, 0.3) is 11.5 Å². The van der Waals surface area contributed by atoms with Crippen molar-refractivity contribution in [1.29, 1.82) is 0 Å². The quantitative estimate of drug-likeness (QED) is 0.852. The molecule has 0 saturated carbocycles. The largest absolute Gasteiger partial charge is 0.453 e. The molecule has 3 rings (SSSR count). The summed E-state index contributed by atoms with van der Waals surface area (Å²) in [5.74, 6) is 0.256. The van der Waals surface area contributed by atoms with Crippen molar-refractivity contribution in [3.8, 4) is 11.5 Å². The molecule has 0 radical (unpaired) electrons. The van der Waals surface area contributed by atoms with E-state index in [1.807, 2.05) is 0 Å². The highest BCUT2D eigenvalue weighted by atomic mass is 19.1. The van der Waals surface area contributed by atoms with Crippen LogP contribution in [0.3, 0.4) is 0 Å². The van der Waals surface area contributed by atoms with E-state index in [1.165, 1.54) is 18.1 Å². The third-order valence-corrected chi connectivity index (χ3v) is 3.75. The van der Waals surface area contributed by atoms with Crippen LogP contribution in [0.1, 0.15) is 17.3 Å². The maximum absolute atomic E-state index is 13.7. The zero-order valence-electron chi connectivity index (χ0n) is 12.2. The van der Waals surface area contributed by atoms with Gasteiger partial charge in [0.05, 0.1) is 13.0 Å². The summed E-state index contributed by atoms with van der Waals surface area (Å²) in [5, 5.41) is 3.89. The molecule has 0 spiro atoms. The minimum atomic E-state index is -0.421. The molecule has 22 heavy (non-hydrogen) atoms. The average molecular weight is 306 g/mol. The molecule has 116 valence electrons. The molecule has 1 aromatic heterocycles. The maximum atomic E-state index is 13.7. The number of hydrogen-bond donors (Lipinski definition) is 1. The van der Waals surface area contributed by atoms with Gasteiger partial charge in [0, 0.05) is 29.9 Å². The summed E-state index contributed by atoms with van der Waals surface area (Å²) in [5.41, 5.74) is 6.89. The first-order chi connectivity index (χ1) is 10.5. The molecule has 1 aliphatic heterocycles. The maximum Gasteiger partial charge on any atom is 0.409 e. The fraction of sp³-hybridized carbons (Fsp3) is 0.357. The lowest BCUT2D eigenvalue weighted by molar-refractivity contribution is 0.0857. The number of halogens is 1. The Hall–Kier alpha value is -2.64. The number of hydrogen-bond acceptors (Lipinski definition) is 6. The van der Waals surface area contributed by atoms with E-state index >= 15 is 0 Å². The fourth-order valence-corrected chi connectivity index (χ4v) is 2.26. The summed E-state index contributed by atoms with van der Waals surface area (Å²) in [4.78, 5) is 17.1. The predicted molar refractivity (Wildman–Crippen MR) is 75.6 cm³/mol. The fourth-order valence-electron chi connectivity index (χ4n) is 2.26. The lowest BCUT2D eigenvalue weighted by atomic mass is 10.0. The van der Waals surface area contributed by atoms with Gasteiger partial charge in [-0.2, -0.15) is 4.98 Å². The Morgan fingerprint density at radius 3 is 2.86 bits per heavy atom. The molecule has 0 aliphatic carbocycles. The molecule has 2 aromatic rings. The highest BCUT2D eigenvalue weighted by molar-refractivity contribution is 5.69. The van der Waals surface area contributed by atoms with Crippen molar-refractivity contribution in [3.05, 3.63) is 29.3 Å². The van der Waals surface area contributed by atoms with E-state index in [9.17, 15) is 9.18 Å². The molecular weight excluding hydrogens is 291 g/mol. The van der Waals surface area contributed by atoms with Crippen LogP contribution in [0.4, 0.5) is 14.9 Å². The van der Waals surface area contributed by atoms with Gasteiger partial charge in [0.25, 0.3) is 5.89 Å². The molecular formula is C14H15FN4O3. The first kappa shape index (κ1) is 14.3. The molecule has 1 fully saturated rings. The second kappa shape index (κ2) is 5.28. The second-order valence-corrected chi connectivity index (χ2v) is 5.20. The predicted octanol–water partition coefficient (Wildman–Crippen LogP) is 1.93. The molecule has 8 heteroatoms. The minimum absolute atomic E-state index is 0.00996. The Bertz CT molecular complexity index is 702. The van der Waals surface area contributed by atoms with E-state index in [1.54, 1.807) is 13.0 Å². The Morgan fingerprint density at radius 1 is 1.50 bits per heavy atom. The van der Waals surface area contributed by atoms with E-state index in [2.05, 4.69) is 14.9 Å². The third kappa shape index (κ3) is 2.36. The SMILES string of the molecule is COC(=O)N1CC(c2noc(-c3cc(N)c(C)c(F)c3)n2)C1. The Balaban J connectivity index is 1.77. The average Bonchev–Trinajstić information content (AvgIpc) is 2.91. The summed E-state index contributed by atoms with van der Waals surface area (Å²) in [6.07, 6.45) is -0.381. The van der Waals surface area contributed by atoms with Crippen molar-refractivity contribution >= 4 is 11.8 Å². The van der Waals surface area contributed by atoms with Gasteiger partial charge in [-0.3, -0.25) is 0 Å². The summed E-state index contributed by atoms with van der Waals surface area (Å²) < 4.78 is 23.5. The number of nitrogens with zero attached hydrogens (tertiary/aromatic N) is 3. The van der Waals surface area contributed by atoms with E-state index in [-0.39, 0.29) is 17.9 Å². The molecule has 2 N–H and O–H groups in total. The van der Waals surface area contributed by atoms with Crippen LogP contribution in [0.2, 0.25) is 0 Å². The molecule has 1 aliphatic rings. The molecule has 7 nitrogen and oxygen atoms in total. The number of anilines is 1. The number of rotatable bonds is 2. The molecule has 0 unspecified atom stereocenters. The van der Waals surface area contributed by atoms with E-state index in [0.717, 1.165) is 0 Å². The minimum Gasteiger partial charge on any atom is -0.453 e. The topological polar surface area (TPSA) is 94.5 Å². The first-order valence-electron chi connectivity index (χ1n) is 6.72. The molecule has 1 aromatic carbocycles. The molecule has 0 bridgehead atoms. The highest BCUT2D eigenvalue weighted by Gasteiger charge is 2.35. The van der Waals surface area contributed by atoms with Crippen molar-refractivity contribution in [1.82, 2.24) is 15.0 Å². The number of amides is 1. The Kier molecular flexibility index (Phi) is 3.44. The molecule has 2 heterocycles. The molecule has 0 atom stereocenters. The normalized spacial score (nSPS) is 14.8. The molecule has 1 amide bonds. The Labute approximate surface area is 125 Å². The van der Waals surface area contributed by atoms with Gasteiger partial charge in [0.1, 0.15) is 5.82 Å². The van der Waals surface area contributed by atoms with E-state index < -0.39 is 5.82 Å². The van der Waals surface area contributed by atoms with Gasteiger partial charge in [-0.1, -0.05) is 5.16 Å². The number of nitrogen functional groups attached to an aromatic ring is 1. The van der Waals surface area contributed by atoms with Gasteiger partial charge in [0.15, 0.2) is 5.82 Å². The monoisotopic (exact) mass is 306 g/mol. The number of benzene rings is 1. The smallest absolute Gasteiger partial charge is 0.409 e. The number of methoxy groups -OCH3 is 1. The first-order valence-corrected chi connectivity index (χ1v) is 6.72. The number of carbonyl (C=O) groups is 1. The lowest BCUT2D eigenvalue weighted by Gasteiger charge is -2.35. The van der Waals surface area contributed by atoms with Crippen LogP contribution in [0, 0.1) is 12.7 Å². The van der Waals surface area contributed by atoms with Gasteiger partial charge >= 0.3 is 6.09 Å². The van der Waals surface area contributed by atoms with E-state index in [4.69, 9.17) is 10.3 Å². The number of nitrogens with two attached hydrogens (primary N) is 1. The Morgan fingerprint density at radius 2 is 2.23 bits per heavy atom. The van der Waals surface area contributed by atoms with Crippen molar-refractivity contribution in [2.24, 2.45) is 0 Å². The van der Waals surface area contributed by atoms with Gasteiger partial charge in [-0.15, -0.1) is 0 Å². The van der Waals surface area contributed by atoms with Crippen LogP contribution < -0.4 is 5.73 Å². The summed E-state index contributed by atoms with van der Waals surface area (Å²) in [6, 6.07) is 2.90. The summed E-state index contributed by atoms with van der Waals surface area (Å²) in [7, 11) is 1.33. The van der Waals surface area contributed by atoms with Crippen LogP contribution in [-0.4, -0.2) is 41.3 Å². The van der Waals surface area contributed by atoms with Crippen LogP contribution in [-0.2, 0) is 4.74 Å². The summed E-state index contributed by atoms with van der Waals surface area (Å²) >= 11 is 0. The van der Waals surface area contributed by atoms with Crippen LogP contribution >= 0.6 is 0 Å². The zero-order chi connectivity index (χ0) is 15.9. The van der Waals surface area contributed by atoms with Crippen LogP contribution in [0.15, 0.2) is 16.7 Å². The van der Waals surface area contributed by atoms with Gasteiger partial charge in [-0.05, 0) is 19.1 Å². The van der Waals surface area contributed by atoms with E-state index in [0.29, 0.717) is 35.7 Å². The number of ether oxygens (including phenoxy) is 1.